The van der Waals surface area contributed by atoms with Crippen molar-refractivity contribution < 1.29 is 4.74 Å². The van der Waals surface area contributed by atoms with E-state index in [4.69, 9.17) is 10.00 Å². The minimum atomic E-state index is 0.679. The summed E-state index contributed by atoms with van der Waals surface area (Å²) in [6, 6.07) is 9.68. The van der Waals surface area contributed by atoms with Crippen LogP contribution in [-0.4, -0.2) is 16.9 Å². The topological polar surface area (TPSA) is 62.9 Å². The van der Waals surface area contributed by atoms with Crippen LogP contribution < -0.4 is 10.1 Å². The third-order valence-corrected chi connectivity index (χ3v) is 3.20. The molecule has 0 unspecified atom stereocenters. The summed E-state index contributed by atoms with van der Waals surface area (Å²) >= 11 is 0. The molecule has 1 aromatic carbocycles. The minimum Gasteiger partial charge on any atom is -0.481 e. The van der Waals surface area contributed by atoms with Crippen molar-refractivity contribution in [3.8, 4) is 11.9 Å². The van der Waals surface area contributed by atoms with E-state index in [2.05, 4.69) is 16.5 Å². The number of nitrogens with zero attached hydrogens (tertiary/aromatic N) is 3. The molecule has 0 atom stereocenters. The highest BCUT2D eigenvalue weighted by atomic mass is 16.5. The number of ether oxygens (including phenoxy) is 1. The van der Waals surface area contributed by atoms with Gasteiger partial charge in [-0.2, -0.15) is 10.4 Å². The Hall–Kier alpha value is -2.32. The lowest BCUT2D eigenvalue weighted by Crippen LogP contribution is -2.13. The Morgan fingerprint density at radius 2 is 2.00 bits per heavy atom. The van der Waals surface area contributed by atoms with Gasteiger partial charge in [-0.05, 0) is 24.6 Å². The van der Waals surface area contributed by atoms with E-state index < -0.39 is 0 Å². The number of benzene rings is 1. The second-order valence-corrected chi connectivity index (χ2v) is 4.61. The lowest BCUT2D eigenvalue weighted by atomic mass is 10.1. The normalized spacial score (nSPS) is 10.3. The zero-order valence-corrected chi connectivity index (χ0v) is 12.0. The summed E-state index contributed by atoms with van der Waals surface area (Å²) in [5.74, 6) is 0.787. The number of rotatable bonds is 5. The highest BCUT2D eigenvalue weighted by molar-refractivity contribution is 5.32. The van der Waals surface area contributed by atoms with Gasteiger partial charge in [0.2, 0.25) is 5.88 Å². The molecular weight excluding hydrogens is 252 g/mol. The van der Waals surface area contributed by atoms with Gasteiger partial charge in [0.15, 0.2) is 0 Å². The monoisotopic (exact) mass is 270 g/mol. The standard InChI is InChI=1S/C15H18N4O/c1-11-14(15(20-3)19(2)18-11)10-17-9-13-6-4-12(8-16)5-7-13/h4-7,17H,9-10H2,1-3H3. The Morgan fingerprint density at radius 3 is 2.60 bits per heavy atom. The number of nitrogens with one attached hydrogen (secondary N) is 1. The van der Waals surface area contributed by atoms with Crippen LogP contribution in [0.2, 0.25) is 0 Å². The molecule has 2 aromatic rings. The first kappa shape index (κ1) is 14.1. The van der Waals surface area contributed by atoms with Crippen molar-refractivity contribution in [2.24, 2.45) is 7.05 Å². The number of aryl methyl sites for hydroxylation is 2. The third-order valence-electron chi connectivity index (χ3n) is 3.20. The second kappa shape index (κ2) is 6.22. The summed E-state index contributed by atoms with van der Waals surface area (Å²) in [6.07, 6.45) is 0. The van der Waals surface area contributed by atoms with Gasteiger partial charge < -0.3 is 10.1 Å². The average molecular weight is 270 g/mol. The van der Waals surface area contributed by atoms with E-state index in [0.717, 1.165) is 29.2 Å². The van der Waals surface area contributed by atoms with E-state index in [1.165, 1.54) is 0 Å². The highest BCUT2D eigenvalue weighted by Crippen LogP contribution is 2.20. The number of hydrogen-bond acceptors (Lipinski definition) is 4. The number of methoxy groups -OCH3 is 1. The van der Waals surface area contributed by atoms with Crippen LogP contribution in [0.25, 0.3) is 0 Å². The molecule has 0 aliphatic heterocycles. The van der Waals surface area contributed by atoms with Crippen LogP contribution in [0.15, 0.2) is 24.3 Å². The Kier molecular flexibility index (Phi) is 4.38. The molecule has 20 heavy (non-hydrogen) atoms. The quantitative estimate of drug-likeness (QED) is 0.901. The number of aromatic nitrogens is 2. The average Bonchev–Trinajstić information content (AvgIpc) is 2.73. The van der Waals surface area contributed by atoms with Crippen LogP contribution in [0.3, 0.4) is 0 Å². The molecule has 104 valence electrons. The molecule has 0 radical (unpaired) electrons. The molecule has 1 N–H and O–H groups in total. The van der Waals surface area contributed by atoms with Crippen molar-refractivity contribution in [2.45, 2.75) is 20.0 Å². The number of hydrogen-bond donors (Lipinski definition) is 1. The fraction of sp³-hybridized carbons (Fsp3) is 0.333. The highest BCUT2D eigenvalue weighted by Gasteiger charge is 2.12. The largest absolute Gasteiger partial charge is 0.481 e. The minimum absolute atomic E-state index is 0.679. The molecule has 0 saturated heterocycles. The summed E-state index contributed by atoms with van der Waals surface area (Å²) in [5, 5.41) is 16.5. The molecule has 0 aliphatic rings. The predicted octanol–water partition coefficient (Wildman–Crippen LogP) is 1.90. The van der Waals surface area contributed by atoms with Crippen molar-refractivity contribution in [3.63, 3.8) is 0 Å². The summed E-state index contributed by atoms with van der Waals surface area (Å²) < 4.78 is 7.10. The smallest absolute Gasteiger partial charge is 0.216 e. The molecule has 1 aromatic heterocycles. The molecule has 0 amide bonds. The van der Waals surface area contributed by atoms with Crippen molar-refractivity contribution in [1.29, 1.82) is 5.26 Å². The lowest BCUT2D eigenvalue weighted by molar-refractivity contribution is 0.368. The van der Waals surface area contributed by atoms with Crippen molar-refractivity contribution in [1.82, 2.24) is 15.1 Å². The first-order valence-corrected chi connectivity index (χ1v) is 6.42. The molecule has 0 bridgehead atoms. The first-order valence-electron chi connectivity index (χ1n) is 6.42. The van der Waals surface area contributed by atoms with Gasteiger partial charge >= 0.3 is 0 Å². The Labute approximate surface area is 118 Å². The molecule has 0 aliphatic carbocycles. The van der Waals surface area contributed by atoms with E-state index in [-0.39, 0.29) is 0 Å². The van der Waals surface area contributed by atoms with E-state index in [1.54, 1.807) is 11.8 Å². The van der Waals surface area contributed by atoms with Gasteiger partial charge in [-0.15, -0.1) is 0 Å². The first-order chi connectivity index (χ1) is 9.65. The maximum atomic E-state index is 8.75. The second-order valence-electron chi connectivity index (χ2n) is 4.61. The van der Waals surface area contributed by atoms with E-state index >= 15 is 0 Å². The van der Waals surface area contributed by atoms with Gasteiger partial charge in [0.05, 0.1) is 30.0 Å². The van der Waals surface area contributed by atoms with Crippen LogP contribution in [-0.2, 0) is 20.1 Å². The molecule has 5 heteroatoms. The lowest BCUT2D eigenvalue weighted by Gasteiger charge is -2.07. The van der Waals surface area contributed by atoms with Gasteiger partial charge in [0, 0.05) is 20.1 Å². The Bertz CT molecular complexity index is 623. The van der Waals surface area contributed by atoms with Crippen LogP contribution in [0.5, 0.6) is 5.88 Å². The van der Waals surface area contributed by atoms with Gasteiger partial charge in [-0.3, -0.25) is 0 Å². The maximum absolute atomic E-state index is 8.75. The Morgan fingerprint density at radius 1 is 1.30 bits per heavy atom. The molecule has 1 heterocycles. The van der Waals surface area contributed by atoms with Crippen LogP contribution in [0.4, 0.5) is 0 Å². The maximum Gasteiger partial charge on any atom is 0.216 e. The fourth-order valence-electron chi connectivity index (χ4n) is 2.17. The zero-order chi connectivity index (χ0) is 14.5. The summed E-state index contributed by atoms with van der Waals surface area (Å²) in [6.45, 7) is 3.41. The molecule has 0 fully saturated rings. The molecule has 0 spiro atoms. The summed E-state index contributed by atoms with van der Waals surface area (Å²) in [5.41, 5.74) is 3.86. The van der Waals surface area contributed by atoms with E-state index in [0.29, 0.717) is 12.1 Å². The summed E-state index contributed by atoms with van der Waals surface area (Å²) in [4.78, 5) is 0. The zero-order valence-electron chi connectivity index (χ0n) is 12.0. The fourth-order valence-corrected chi connectivity index (χ4v) is 2.17. The van der Waals surface area contributed by atoms with Gasteiger partial charge in [0.1, 0.15) is 0 Å². The summed E-state index contributed by atoms with van der Waals surface area (Å²) in [7, 11) is 3.52. The molecule has 5 nitrogen and oxygen atoms in total. The number of nitriles is 1. The van der Waals surface area contributed by atoms with Crippen molar-refractivity contribution in [2.75, 3.05) is 7.11 Å². The van der Waals surface area contributed by atoms with Crippen LogP contribution >= 0.6 is 0 Å². The third kappa shape index (κ3) is 2.98. The predicted molar refractivity (Wildman–Crippen MR) is 76.2 cm³/mol. The molecular formula is C15H18N4O. The van der Waals surface area contributed by atoms with Crippen molar-refractivity contribution in [3.05, 3.63) is 46.6 Å². The van der Waals surface area contributed by atoms with Gasteiger partial charge in [-0.1, -0.05) is 12.1 Å². The van der Waals surface area contributed by atoms with Crippen LogP contribution in [0, 0.1) is 18.3 Å². The molecule has 0 saturated carbocycles. The Balaban J connectivity index is 1.97. The van der Waals surface area contributed by atoms with E-state index in [9.17, 15) is 0 Å². The van der Waals surface area contributed by atoms with Crippen molar-refractivity contribution >= 4 is 0 Å². The molecule has 2 rings (SSSR count). The van der Waals surface area contributed by atoms with Gasteiger partial charge in [-0.25, -0.2) is 4.68 Å². The van der Waals surface area contributed by atoms with Gasteiger partial charge in [0.25, 0.3) is 0 Å². The van der Waals surface area contributed by atoms with E-state index in [1.807, 2.05) is 38.2 Å². The van der Waals surface area contributed by atoms with Crippen LogP contribution in [0.1, 0.15) is 22.4 Å². The SMILES string of the molecule is COc1c(CNCc2ccc(C#N)cc2)c(C)nn1C.